The Labute approximate surface area is 50.4 Å². The number of carbonyl (C=O) groups is 1. The summed E-state index contributed by atoms with van der Waals surface area (Å²) in [6.45, 7) is 1.81. The molecule has 1 heterocycles. The molecule has 4 heteroatoms. The molecule has 0 aliphatic carbocycles. The minimum Gasteiger partial charge on any atom is -0.295 e. The third kappa shape index (κ3) is 0.894. The summed E-state index contributed by atoms with van der Waals surface area (Å²) in [6, 6.07) is 0. The van der Waals surface area contributed by atoms with Gasteiger partial charge in [0.2, 0.25) is 0 Å². The molecule has 0 aliphatic rings. The van der Waals surface area contributed by atoms with E-state index in [9.17, 15) is 4.79 Å². The normalized spacial score (nSPS) is 9.12. The van der Waals surface area contributed by atoms with E-state index in [0.717, 1.165) is 5.01 Å². The minimum atomic E-state index is 0.447. The van der Waals surface area contributed by atoms with Crippen molar-refractivity contribution in [3.8, 4) is 0 Å². The van der Waals surface area contributed by atoms with Crippen LogP contribution in [0, 0.1) is 6.92 Å². The Hall–Kier alpha value is -0.770. The second kappa shape index (κ2) is 2.00. The molecule has 0 bridgehead atoms. The summed E-state index contributed by atoms with van der Waals surface area (Å²) >= 11 is 1.30. The zero-order chi connectivity index (χ0) is 5.98. The highest BCUT2D eigenvalue weighted by molar-refractivity contribution is 7.12. The van der Waals surface area contributed by atoms with Gasteiger partial charge in [0.15, 0.2) is 11.3 Å². The number of hydrogen-bond donors (Lipinski definition) is 0. The van der Waals surface area contributed by atoms with Crippen molar-refractivity contribution >= 4 is 17.6 Å². The van der Waals surface area contributed by atoms with E-state index in [1.54, 1.807) is 0 Å². The van der Waals surface area contributed by atoms with Crippen LogP contribution >= 0.6 is 11.3 Å². The molecule has 0 saturated heterocycles. The SMILES string of the molecule is Cc1nnc(C=O)s1. The van der Waals surface area contributed by atoms with Crippen molar-refractivity contribution in [2.24, 2.45) is 0 Å². The lowest BCUT2D eigenvalue weighted by molar-refractivity contribution is 0.112. The van der Waals surface area contributed by atoms with Crippen LogP contribution in [-0.2, 0) is 0 Å². The van der Waals surface area contributed by atoms with Crippen LogP contribution in [0.1, 0.15) is 14.8 Å². The van der Waals surface area contributed by atoms with Crippen molar-refractivity contribution in [3.63, 3.8) is 0 Å². The highest BCUT2D eigenvalue weighted by Crippen LogP contribution is 2.03. The second-order valence-electron chi connectivity index (χ2n) is 1.28. The van der Waals surface area contributed by atoms with Gasteiger partial charge in [0.25, 0.3) is 0 Å². The number of nitrogens with zero attached hydrogens (tertiary/aromatic N) is 2. The molecule has 0 saturated carbocycles. The first-order valence-electron chi connectivity index (χ1n) is 2.08. The van der Waals surface area contributed by atoms with Crippen molar-refractivity contribution < 1.29 is 4.79 Å². The molecule has 0 fully saturated rings. The van der Waals surface area contributed by atoms with Crippen molar-refractivity contribution in [1.82, 2.24) is 10.2 Å². The van der Waals surface area contributed by atoms with Crippen LogP contribution in [0.5, 0.6) is 0 Å². The average molecular weight is 128 g/mol. The molecule has 0 aliphatic heterocycles. The first kappa shape index (κ1) is 5.37. The highest BCUT2D eigenvalue weighted by Gasteiger charge is 1.94. The molecule has 0 N–H and O–H groups in total. The maximum atomic E-state index is 9.93. The summed E-state index contributed by atoms with van der Waals surface area (Å²) in [5.74, 6) is 0. The van der Waals surface area contributed by atoms with Crippen molar-refractivity contribution in [2.45, 2.75) is 6.92 Å². The number of aryl methyl sites for hydroxylation is 1. The topological polar surface area (TPSA) is 42.9 Å². The summed E-state index contributed by atoms with van der Waals surface area (Å²) in [4.78, 5) is 9.93. The number of rotatable bonds is 1. The van der Waals surface area contributed by atoms with E-state index in [4.69, 9.17) is 0 Å². The van der Waals surface area contributed by atoms with Gasteiger partial charge in [-0.25, -0.2) is 0 Å². The molecule has 0 spiro atoms. The predicted molar refractivity (Wildman–Crippen MR) is 30.0 cm³/mol. The van der Waals surface area contributed by atoms with E-state index in [0.29, 0.717) is 11.3 Å². The maximum absolute atomic E-state index is 9.93. The Morgan fingerprint density at radius 3 is 2.62 bits per heavy atom. The molecule has 3 nitrogen and oxygen atoms in total. The van der Waals surface area contributed by atoms with Crippen molar-refractivity contribution in [1.29, 1.82) is 0 Å². The van der Waals surface area contributed by atoms with Gasteiger partial charge in [-0.1, -0.05) is 11.3 Å². The molecule has 0 atom stereocenters. The van der Waals surface area contributed by atoms with Crippen LogP contribution in [0.25, 0.3) is 0 Å². The van der Waals surface area contributed by atoms with Gasteiger partial charge in [-0.2, -0.15) is 0 Å². The maximum Gasteiger partial charge on any atom is 0.180 e. The Balaban J connectivity index is 3.00. The van der Waals surface area contributed by atoms with Gasteiger partial charge in [-0.3, -0.25) is 4.79 Å². The molecule has 0 aromatic carbocycles. The van der Waals surface area contributed by atoms with Crippen molar-refractivity contribution in [3.05, 3.63) is 10.0 Å². The van der Waals surface area contributed by atoms with Gasteiger partial charge >= 0.3 is 0 Å². The quantitative estimate of drug-likeness (QED) is 0.522. The predicted octanol–water partition coefficient (Wildman–Crippen LogP) is 0.659. The zero-order valence-electron chi connectivity index (χ0n) is 4.29. The first-order valence-corrected chi connectivity index (χ1v) is 2.90. The van der Waals surface area contributed by atoms with E-state index >= 15 is 0 Å². The molecule has 0 amide bonds. The first-order chi connectivity index (χ1) is 3.83. The lowest BCUT2D eigenvalue weighted by Crippen LogP contribution is -1.74. The molecule has 42 valence electrons. The molecular formula is C4H4N2OS. The Morgan fingerprint density at radius 2 is 2.38 bits per heavy atom. The van der Waals surface area contributed by atoms with E-state index in [2.05, 4.69) is 10.2 Å². The van der Waals surface area contributed by atoms with Crippen LogP contribution in [0.2, 0.25) is 0 Å². The van der Waals surface area contributed by atoms with E-state index in [-0.39, 0.29) is 0 Å². The molecular weight excluding hydrogens is 124 g/mol. The largest absolute Gasteiger partial charge is 0.295 e. The summed E-state index contributed by atoms with van der Waals surface area (Å²) in [5, 5.41) is 8.43. The van der Waals surface area contributed by atoms with Gasteiger partial charge in [-0.05, 0) is 6.92 Å². The van der Waals surface area contributed by atoms with Crippen LogP contribution in [0.4, 0.5) is 0 Å². The third-order valence-electron chi connectivity index (χ3n) is 0.642. The van der Waals surface area contributed by atoms with Gasteiger partial charge in [0.05, 0.1) is 0 Å². The summed E-state index contributed by atoms with van der Waals surface area (Å²) < 4.78 is 0. The van der Waals surface area contributed by atoms with Crippen LogP contribution < -0.4 is 0 Å². The van der Waals surface area contributed by atoms with Gasteiger partial charge in [0.1, 0.15) is 5.01 Å². The van der Waals surface area contributed by atoms with E-state index in [1.165, 1.54) is 11.3 Å². The molecule has 0 radical (unpaired) electrons. The molecule has 1 aromatic rings. The molecule has 8 heavy (non-hydrogen) atoms. The highest BCUT2D eigenvalue weighted by atomic mass is 32.1. The summed E-state index contributed by atoms with van der Waals surface area (Å²) in [5.41, 5.74) is 0. The number of carbonyl (C=O) groups excluding carboxylic acids is 1. The van der Waals surface area contributed by atoms with Crippen LogP contribution in [0.15, 0.2) is 0 Å². The zero-order valence-corrected chi connectivity index (χ0v) is 5.10. The Kier molecular flexibility index (Phi) is 1.34. The minimum absolute atomic E-state index is 0.447. The van der Waals surface area contributed by atoms with Gasteiger partial charge in [0, 0.05) is 0 Å². The lowest BCUT2D eigenvalue weighted by Gasteiger charge is -1.65. The van der Waals surface area contributed by atoms with Crippen LogP contribution in [0.3, 0.4) is 0 Å². The second-order valence-corrected chi connectivity index (χ2v) is 2.49. The Morgan fingerprint density at radius 1 is 1.62 bits per heavy atom. The fourth-order valence-corrected chi connectivity index (χ4v) is 0.874. The number of hydrogen-bond acceptors (Lipinski definition) is 4. The fraction of sp³-hybridized carbons (Fsp3) is 0.250. The van der Waals surface area contributed by atoms with E-state index < -0.39 is 0 Å². The van der Waals surface area contributed by atoms with Gasteiger partial charge < -0.3 is 0 Å². The van der Waals surface area contributed by atoms with Crippen LogP contribution in [-0.4, -0.2) is 16.5 Å². The number of aldehydes is 1. The average Bonchev–Trinajstić information content (AvgIpc) is 2.14. The lowest BCUT2D eigenvalue weighted by atomic mass is 10.8. The fourth-order valence-electron chi connectivity index (χ4n) is 0.359. The molecule has 1 rings (SSSR count). The smallest absolute Gasteiger partial charge is 0.180 e. The summed E-state index contributed by atoms with van der Waals surface area (Å²) in [7, 11) is 0. The van der Waals surface area contributed by atoms with E-state index in [1.807, 2.05) is 6.92 Å². The Bertz CT molecular complexity index is 196. The molecule has 0 unspecified atom stereocenters. The summed E-state index contributed by atoms with van der Waals surface area (Å²) in [6.07, 6.45) is 0.699. The number of aromatic nitrogens is 2. The monoisotopic (exact) mass is 128 g/mol. The van der Waals surface area contributed by atoms with Crippen molar-refractivity contribution in [2.75, 3.05) is 0 Å². The standard InChI is InChI=1S/C4H4N2OS/c1-3-5-6-4(2-7)8-3/h2H,1H3. The molecule has 1 aromatic heterocycles. The van der Waals surface area contributed by atoms with Gasteiger partial charge in [-0.15, -0.1) is 10.2 Å². The third-order valence-corrected chi connectivity index (χ3v) is 1.41.